The molecule has 0 atom stereocenters. The number of rotatable bonds is 7. The minimum Gasteiger partial charge on any atom is -0.493 e. The summed E-state index contributed by atoms with van der Waals surface area (Å²) in [6, 6.07) is 15.4. The number of para-hydroxylation sites is 2. The Hall–Kier alpha value is -2.49. The third-order valence-corrected chi connectivity index (χ3v) is 3.20. The van der Waals surface area contributed by atoms with Crippen LogP contribution in [-0.4, -0.2) is 26.2 Å². The normalized spacial score (nSPS) is 10.1. The van der Waals surface area contributed by atoms with Crippen molar-refractivity contribution in [2.24, 2.45) is 0 Å². The van der Waals surface area contributed by atoms with Crippen LogP contribution in [0.4, 0.5) is 0 Å². The first-order valence-electron chi connectivity index (χ1n) is 7.27. The number of hydrogen-bond acceptors (Lipinski definition) is 3. The van der Waals surface area contributed by atoms with Crippen molar-refractivity contribution >= 4 is 5.91 Å². The zero-order chi connectivity index (χ0) is 15.8. The average molecular weight is 299 g/mol. The Balaban J connectivity index is 1.73. The molecule has 2 aromatic carbocycles. The average Bonchev–Trinajstić information content (AvgIpc) is 2.52. The predicted molar refractivity (Wildman–Crippen MR) is 86.4 cm³/mol. The van der Waals surface area contributed by atoms with Crippen molar-refractivity contribution in [1.82, 2.24) is 5.32 Å². The molecule has 0 aromatic heterocycles. The Kier molecular flexibility index (Phi) is 5.83. The summed E-state index contributed by atoms with van der Waals surface area (Å²) in [6.45, 7) is 2.88. The maximum absolute atomic E-state index is 11.9. The Morgan fingerprint density at radius 1 is 1.09 bits per heavy atom. The van der Waals surface area contributed by atoms with E-state index in [1.165, 1.54) is 0 Å². The summed E-state index contributed by atoms with van der Waals surface area (Å²) in [5.41, 5.74) is 2.17. The lowest BCUT2D eigenvalue weighted by Gasteiger charge is -2.11. The van der Waals surface area contributed by atoms with E-state index in [0.717, 1.165) is 11.1 Å². The highest BCUT2D eigenvalue weighted by Crippen LogP contribution is 2.25. The van der Waals surface area contributed by atoms with Gasteiger partial charge in [0.15, 0.2) is 11.5 Å². The molecule has 1 N–H and O–H groups in total. The van der Waals surface area contributed by atoms with Crippen LogP contribution < -0.4 is 14.8 Å². The highest BCUT2D eigenvalue weighted by molar-refractivity contribution is 5.78. The van der Waals surface area contributed by atoms with Crippen molar-refractivity contribution in [1.29, 1.82) is 0 Å². The Morgan fingerprint density at radius 3 is 2.59 bits per heavy atom. The molecule has 0 aliphatic rings. The third-order valence-electron chi connectivity index (χ3n) is 3.20. The van der Waals surface area contributed by atoms with E-state index in [4.69, 9.17) is 9.47 Å². The van der Waals surface area contributed by atoms with Crippen molar-refractivity contribution in [3.8, 4) is 11.5 Å². The van der Waals surface area contributed by atoms with Crippen molar-refractivity contribution < 1.29 is 14.3 Å². The van der Waals surface area contributed by atoms with Crippen LogP contribution in [0.3, 0.4) is 0 Å². The van der Waals surface area contributed by atoms with E-state index in [-0.39, 0.29) is 5.91 Å². The molecule has 1 amide bonds. The van der Waals surface area contributed by atoms with Crippen molar-refractivity contribution in [3.63, 3.8) is 0 Å². The van der Waals surface area contributed by atoms with Crippen LogP contribution >= 0.6 is 0 Å². The zero-order valence-corrected chi connectivity index (χ0v) is 13.0. The van der Waals surface area contributed by atoms with Gasteiger partial charge in [0.05, 0.1) is 20.1 Å². The molecule has 0 heterocycles. The SMILES string of the molecule is COc1ccccc1OCCNC(=O)Cc1cccc(C)c1. The first-order chi connectivity index (χ1) is 10.7. The maximum Gasteiger partial charge on any atom is 0.224 e. The van der Waals surface area contributed by atoms with Gasteiger partial charge in [-0.25, -0.2) is 0 Å². The van der Waals surface area contributed by atoms with Crippen LogP contribution in [0.25, 0.3) is 0 Å². The van der Waals surface area contributed by atoms with Gasteiger partial charge in [0.2, 0.25) is 5.91 Å². The highest BCUT2D eigenvalue weighted by atomic mass is 16.5. The molecular weight excluding hydrogens is 278 g/mol. The van der Waals surface area contributed by atoms with Gasteiger partial charge in [0, 0.05) is 0 Å². The van der Waals surface area contributed by atoms with E-state index in [1.807, 2.05) is 55.5 Å². The van der Waals surface area contributed by atoms with Crippen LogP contribution in [0.5, 0.6) is 11.5 Å². The van der Waals surface area contributed by atoms with Crippen LogP contribution in [-0.2, 0) is 11.2 Å². The van der Waals surface area contributed by atoms with Crippen LogP contribution in [0.1, 0.15) is 11.1 Å². The fraction of sp³-hybridized carbons (Fsp3) is 0.278. The lowest BCUT2D eigenvalue weighted by molar-refractivity contribution is -0.120. The number of nitrogens with one attached hydrogen (secondary N) is 1. The predicted octanol–water partition coefficient (Wildman–Crippen LogP) is 2.74. The maximum atomic E-state index is 11.9. The monoisotopic (exact) mass is 299 g/mol. The first kappa shape index (κ1) is 15.9. The molecule has 0 aliphatic heterocycles. The standard InChI is InChI=1S/C18H21NO3/c1-14-6-5-7-15(12-14)13-18(20)19-10-11-22-17-9-4-3-8-16(17)21-2/h3-9,12H,10-11,13H2,1-2H3,(H,19,20). The largest absolute Gasteiger partial charge is 0.493 e. The molecule has 4 nitrogen and oxygen atoms in total. The van der Waals surface area contributed by atoms with Gasteiger partial charge in [-0.3, -0.25) is 4.79 Å². The van der Waals surface area contributed by atoms with Gasteiger partial charge in [0.1, 0.15) is 6.61 Å². The molecular formula is C18H21NO3. The summed E-state index contributed by atoms with van der Waals surface area (Å²) in [7, 11) is 1.60. The smallest absolute Gasteiger partial charge is 0.224 e. The van der Waals surface area contributed by atoms with Crippen molar-refractivity contribution in [2.45, 2.75) is 13.3 Å². The number of aryl methyl sites for hydroxylation is 1. The number of carbonyl (C=O) groups is 1. The minimum absolute atomic E-state index is 0.00535. The summed E-state index contributed by atoms with van der Waals surface area (Å²) in [6.07, 6.45) is 0.385. The van der Waals surface area contributed by atoms with Crippen LogP contribution in [0.2, 0.25) is 0 Å². The third kappa shape index (κ3) is 4.81. The lowest BCUT2D eigenvalue weighted by atomic mass is 10.1. The van der Waals surface area contributed by atoms with Gasteiger partial charge in [-0.05, 0) is 24.6 Å². The molecule has 0 saturated heterocycles. The quantitative estimate of drug-likeness (QED) is 0.800. The van der Waals surface area contributed by atoms with Gasteiger partial charge < -0.3 is 14.8 Å². The van der Waals surface area contributed by atoms with Gasteiger partial charge in [-0.15, -0.1) is 0 Å². The summed E-state index contributed by atoms with van der Waals surface area (Å²) in [5.74, 6) is 1.36. The van der Waals surface area contributed by atoms with E-state index in [1.54, 1.807) is 7.11 Å². The van der Waals surface area contributed by atoms with Crippen molar-refractivity contribution in [2.75, 3.05) is 20.3 Å². The number of amides is 1. The van der Waals surface area contributed by atoms with E-state index < -0.39 is 0 Å². The Bertz CT molecular complexity index is 625. The van der Waals surface area contributed by atoms with E-state index in [0.29, 0.717) is 31.1 Å². The molecule has 0 bridgehead atoms. The Morgan fingerprint density at radius 2 is 1.86 bits per heavy atom. The second-order valence-corrected chi connectivity index (χ2v) is 5.02. The number of benzene rings is 2. The topological polar surface area (TPSA) is 47.6 Å². The van der Waals surface area contributed by atoms with Gasteiger partial charge in [0.25, 0.3) is 0 Å². The molecule has 2 aromatic rings. The molecule has 0 fully saturated rings. The van der Waals surface area contributed by atoms with E-state index in [9.17, 15) is 4.79 Å². The van der Waals surface area contributed by atoms with Gasteiger partial charge in [-0.2, -0.15) is 0 Å². The molecule has 4 heteroatoms. The van der Waals surface area contributed by atoms with Gasteiger partial charge in [-0.1, -0.05) is 42.0 Å². The number of methoxy groups -OCH3 is 1. The lowest BCUT2D eigenvalue weighted by Crippen LogP contribution is -2.29. The second kappa shape index (κ2) is 8.08. The second-order valence-electron chi connectivity index (χ2n) is 5.02. The molecule has 0 spiro atoms. The molecule has 0 radical (unpaired) electrons. The van der Waals surface area contributed by atoms with E-state index in [2.05, 4.69) is 5.32 Å². The molecule has 22 heavy (non-hydrogen) atoms. The molecule has 116 valence electrons. The number of carbonyl (C=O) groups excluding carboxylic acids is 1. The van der Waals surface area contributed by atoms with E-state index >= 15 is 0 Å². The highest BCUT2D eigenvalue weighted by Gasteiger charge is 2.05. The summed E-state index contributed by atoms with van der Waals surface area (Å²) in [4.78, 5) is 11.9. The Labute approximate surface area is 131 Å². The fourth-order valence-corrected chi connectivity index (χ4v) is 2.16. The zero-order valence-electron chi connectivity index (χ0n) is 13.0. The summed E-state index contributed by atoms with van der Waals surface area (Å²) >= 11 is 0. The first-order valence-corrected chi connectivity index (χ1v) is 7.27. The number of hydrogen-bond donors (Lipinski definition) is 1. The molecule has 2 rings (SSSR count). The van der Waals surface area contributed by atoms with Crippen LogP contribution in [0, 0.1) is 6.92 Å². The minimum atomic E-state index is -0.00535. The molecule has 0 unspecified atom stereocenters. The molecule has 0 saturated carbocycles. The van der Waals surface area contributed by atoms with Gasteiger partial charge >= 0.3 is 0 Å². The summed E-state index contributed by atoms with van der Waals surface area (Å²) < 4.78 is 10.8. The number of ether oxygens (including phenoxy) is 2. The van der Waals surface area contributed by atoms with Crippen LogP contribution in [0.15, 0.2) is 48.5 Å². The van der Waals surface area contributed by atoms with Crippen molar-refractivity contribution in [3.05, 3.63) is 59.7 Å². The molecule has 0 aliphatic carbocycles. The summed E-state index contributed by atoms with van der Waals surface area (Å²) in [5, 5.41) is 2.85. The fourth-order valence-electron chi connectivity index (χ4n) is 2.16.